The number of carbonyl (C=O) groups excluding carboxylic acids is 3. The standard InChI is InChI=1S/C15H19N3O4/c1-2-22-17-13(19)10-16-15(21)11-5-7-12(8-6-11)18-9-3-4-14(18)20/h5-8H,2-4,9-10H2,1H3,(H,16,21)(H,17,19). The van der Waals surface area contributed by atoms with Crippen molar-refractivity contribution < 1.29 is 19.2 Å². The van der Waals surface area contributed by atoms with Gasteiger partial charge in [0.2, 0.25) is 5.91 Å². The quantitative estimate of drug-likeness (QED) is 0.754. The van der Waals surface area contributed by atoms with Crippen molar-refractivity contribution in [3.8, 4) is 0 Å². The van der Waals surface area contributed by atoms with E-state index in [1.165, 1.54) is 0 Å². The van der Waals surface area contributed by atoms with Crippen LogP contribution >= 0.6 is 0 Å². The molecular formula is C15H19N3O4. The highest BCUT2D eigenvalue weighted by Gasteiger charge is 2.21. The molecule has 0 radical (unpaired) electrons. The molecule has 0 spiro atoms. The Morgan fingerprint density at radius 1 is 1.27 bits per heavy atom. The zero-order valence-electron chi connectivity index (χ0n) is 12.4. The molecule has 7 nitrogen and oxygen atoms in total. The van der Waals surface area contributed by atoms with Gasteiger partial charge in [0.15, 0.2) is 0 Å². The first kappa shape index (κ1) is 16.0. The van der Waals surface area contributed by atoms with Gasteiger partial charge in [-0.05, 0) is 37.6 Å². The molecule has 0 unspecified atom stereocenters. The van der Waals surface area contributed by atoms with E-state index in [-0.39, 0.29) is 18.4 Å². The van der Waals surface area contributed by atoms with Crippen LogP contribution in [-0.2, 0) is 14.4 Å². The fourth-order valence-corrected chi connectivity index (χ4v) is 2.17. The van der Waals surface area contributed by atoms with Gasteiger partial charge in [-0.1, -0.05) is 0 Å². The van der Waals surface area contributed by atoms with Crippen LogP contribution in [0, 0.1) is 0 Å². The van der Waals surface area contributed by atoms with Crippen molar-refractivity contribution in [3.63, 3.8) is 0 Å². The van der Waals surface area contributed by atoms with Crippen molar-refractivity contribution in [2.24, 2.45) is 0 Å². The average Bonchev–Trinajstić information content (AvgIpc) is 2.96. The van der Waals surface area contributed by atoms with Crippen LogP contribution in [0.4, 0.5) is 5.69 Å². The van der Waals surface area contributed by atoms with E-state index in [4.69, 9.17) is 4.84 Å². The second kappa shape index (κ2) is 7.56. The Bertz CT molecular complexity index is 556. The summed E-state index contributed by atoms with van der Waals surface area (Å²) in [7, 11) is 0. The predicted octanol–water partition coefficient (Wildman–Crippen LogP) is 0.611. The van der Waals surface area contributed by atoms with E-state index in [2.05, 4.69) is 10.8 Å². The van der Waals surface area contributed by atoms with Crippen LogP contribution in [0.15, 0.2) is 24.3 Å². The van der Waals surface area contributed by atoms with Gasteiger partial charge < -0.3 is 10.2 Å². The van der Waals surface area contributed by atoms with Crippen LogP contribution < -0.4 is 15.7 Å². The summed E-state index contributed by atoms with van der Waals surface area (Å²) < 4.78 is 0. The summed E-state index contributed by atoms with van der Waals surface area (Å²) in [5, 5.41) is 2.49. The molecule has 22 heavy (non-hydrogen) atoms. The Morgan fingerprint density at radius 2 is 2.00 bits per heavy atom. The third-order valence-corrected chi connectivity index (χ3v) is 3.25. The van der Waals surface area contributed by atoms with Crippen LogP contribution in [0.1, 0.15) is 30.1 Å². The number of anilines is 1. The monoisotopic (exact) mass is 305 g/mol. The summed E-state index contributed by atoms with van der Waals surface area (Å²) in [6.45, 7) is 2.65. The summed E-state index contributed by atoms with van der Waals surface area (Å²) in [5.74, 6) is -0.676. The van der Waals surface area contributed by atoms with Gasteiger partial charge in [0.1, 0.15) is 0 Å². The molecule has 1 heterocycles. The van der Waals surface area contributed by atoms with Crippen molar-refractivity contribution in [1.29, 1.82) is 0 Å². The lowest BCUT2D eigenvalue weighted by atomic mass is 10.2. The lowest BCUT2D eigenvalue weighted by Crippen LogP contribution is -2.36. The molecule has 1 aliphatic heterocycles. The van der Waals surface area contributed by atoms with E-state index in [0.717, 1.165) is 12.1 Å². The summed E-state index contributed by atoms with van der Waals surface area (Å²) in [6.07, 6.45) is 1.42. The molecule has 3 amide bonds. The first-order valence-corrected chi connectivity index (χ1v) is 7.21. The van der Waals surface area contributed by atoms with Gasteiger partial charge in [-0.2, -0.15) is 0 Å². The number of benzene rings is 1. The molecule has 0 atom stereocenters. The maximum absolute atomic E-state index is 11.9. The van der Waals surface area contributed by atoms with Gasteiger partial charge in [0.25, 0.3) is 11.8 Å². The molecule has 1 aromatic rings. The van der Waals surface area contributed by atoms with Gasteiger partial charge in [0.05, 0.1) is 13.2 Å². The molecule has 1 aromatic carbocycles. The minimum absolute atomic E-state index is 0.102. The normalized spacial score (nSPS) is 14.0. The van der Waals surface area contributed by atoms with E-state index in [1.54, 1.807) is 36.1 Å². The van der Waals surface area contributed by atoms with Crippen LogP contribution in [0.2, 0.25) is 0 Å². The summed E-state index contributed by atoms with van der Waals surface area (Å²) >= 11 is 0. The number of carbonyl (C=O) groups is 3. The van der Waals surface area contributed by atoms with Crippen LogP contribution in [0.3, 0.4) is 0 Å². The van der Waals surface area contributed by atoms with Gasteiger partial charge in [-0.25, -0.2) is 5.48 Å². The molecule has 0 bridgehead atoms. The van der Waals surface area contributed by atoms with Gasteiger partial charge in [-0.3, -0.25) is 19.2 Å². The summed E-state index contributed by atoms with van der Waals surface area (Å²) in [6, 6.07) is 6.74. The highest BCUT2D eigenvalue weighted by Crippen LogP contribution is 2.21. The maximum Gasteiger partial charge on any atom is 0.262 e. The van der Waals surface area contributed by atoms with Crippen molar-refractivity contribution in [2.75, 3.05) is 24.6 Å². The summed E-state index contributed by atoms with van der Waals surface area (Å²) in [5.41, 5.74) is 3.41. The van der Waals surface area contributed by atoms with Gasteiger partial charge in [-0.15, -0.1) is 0 Å². The minimum atomic E-state index is -0.422. The molecule has 1 fully saturated rings. The minimum Gasteiger partial charge on any atom is -0.343 e. The largest absolute Gasteiger partial charge is 0.343 e. The SMILES string of the molecule is CCONC(=O)CNC(=O)c1ccc(N2CCCC2=O)cc1. The Hall–Kier alpha value is -2.41. The lowest BCUT2D eigenvalue weighted by molar-refractivity contribution is -0.132. The molecule has 2 N–H and O–H groups in total. The highest BCUT2D eigenvalue weighted by atomic mass is 16.6. The van der Waals surface area contributed by atoms with Crippen LogP contribution in [-0.4, -0.2) is 37.4 Å². The summed E-state index contributed by atoms with van der Waals surface area (Å²) in [4.78, 5) is 41.3. The van der Waals surface area contributed by atoms with Crippen molar-refractivity contribution >= 4 is 23.4 Å². The molecule has 0 saturated carbocycles. The van der Waals surface area contributed by atoms with Crippen LogP contribution in [0.5, 0.6) is 0 Å². The second-order valence-corrected chi connectivity index (χ2v) is 4.84. The molecule has 0 aromatic heterocycles. The number of nitrogens with zero attached hydrogens (tertiary/aromatic N) is 1. The molecule has 1 saturated heterocycles. The fraction of sp³-hybridized carbons (Fsp3) is 0.400. The Morgan fingerprint density at radius 3 is 2.59 bits per heavy atom. The molecule has 118 valence electrons. The topological polar surface area (TPSA) is 87.7 Å². The molecule has 0 aliphatic carbocycles. The number of hydrogen-bond acceptors (Lipinski definition) is 4. The maximum atomic E-state index is 11.9. The van der Waals surface area contributed by atoms with E-state index in [9.17, 15) is 14.4 Å². The Kier molecular flexibility index (Phi) is 5.48. The second-order valence-electron chi connectivity index (χ2n) is 4.84. The van der Waals surface area contributed by atoms with Crippen LogP contribution in [0.25, 0.3) is 0 Å². The Balaban J connectivity index is 1.88. The number of amides is 3. The van der Waals surface area contributed by atoms with Crippen molar-refractivity contribution in [3.05, 3.63) is 29.8 Å². The van der Waals surface area contributed by atoms with Gasteiger partial charge in [0, 0.05) is 24.2 Å². The molecule has 1 aliphatic rings. The first-order chi connectivity index (χ1) is 10.6. The number of rotatable bonds is 6. The number of nitrogens with one attached hydrogen (secondary N) is 2. The highest BCUT2D eigenvalue weighted by molar-refractivity contribution is 5.98. The van der Waals surface area contributed by atoms with Gasteiger partial charge >= 0.3 is 0 Å². The van der Waals surface area contributed by atoms with E-state index < -0.39 is 5.91 Å². The lowest BCUT2D eigenvalue weighted by Gasteiger charge is -2.15. The van der Waals surface area contributed by atoms with Crippen molar-refractivity contribution in [2.45, 2.75) is 19.8 Å². The molecule has 2 rings (SSSR count). The predicted molar refractivity (Wildman–Crippen MR) is 80.1 cm³/mol. The van der Waals surface area contributed by atoms with E-state index >= 15 is 0 Å². The first-order valence-electron chi connectivity index (χ1n) is 7.21. The average molecular weight is 305 g/mol. The Labute approximate surface area is 128 Å². The zero-order chi connectivity index (χ0) is 15.9. The molecular weight excluding hydrogens is 286 g/mol. The van der Waals surface area contributed by atoms with E-state index in [0.29, 0.717) is 25.1 Å². The number of hydrogen-bond donors (Lipinski definition) is 2. The third-order valence-electron chi connectivity index (χ3n) is 3.25. The zero-order valence-corrected chi connectivity index (χ0v) is 12.4. The van der Waals surface area contributed by atoms with E-state index in [1.807, 2.05) is 0 Å². The smallest absolute Gasteiger partial charge is 0.262 e. The molecule has 7 heteroatoms. The number of hydroxylamine groups is 1. The van der Waals surface area contributed by atoms with Crippen molar-refractivity contribution in [1.82, 2.24) is 10.8 Å². The third kappa shape index (κ3) is 4.05. The fourth-order valence-electron chi connectivity index (χ4n) is 2.17.